The maximum Gasteiger partial charge on any atom is 0.131 e. The number of rotatable bonds is 15. The summed E-state index contributed by atoms with van der Waals surface area (Å²) in [4.78, 5) is 9.89. The molecule has 3 saturated carbocycles. The van der Waals surface area contributed by atoms with Crippen LogP contribution >= 0.6 is 0 Å². The summed E-state index contributed by atoms with van der Waals surface area (Å²) in [5.74, 6) is 6.51. The van der Waals surface area contributed by atoms with Crippen LogP contribution in [0, 0.1) is 23.7 Å². The molecular formula is C36H62N2. The second-order valence-electron chi connectivity index (χ2n) is 13.9. The molecule has 2 heteroatoms. The zero-order chi connectivity index (χ0) is 26.4. The van der Waals surface area contributed by atoms with Gasteiger partial charge in [0.15, 0.2) is 0 Å². The Kier molecular flexibility index (Phi) is 13.5. The monoisotopic (exact) mass is 522 g/mol. The molecule has 0 unspecified atom stereocenters. The van der Waals surface area contributed by atoms with Crippen LogP contribution in [0.1, 0.15) is 191 Å². The Morgan fingerprint density at radius 3 is 1.42 bits per heavy atom. The van der Waals surface area contributed by atoms with Gasteiger partial charge < -0.3 is 0 Å². The molecular weight excluding hydrogens is 460 g/mol. The van der Waals surface area contributed by atoms with Crippen molar-refractivity contribution < 1.29 is 0 Å². The summed E-state index contributed by atoms with van der Waals surface area (Å²) >= 11 is 0. The molecule has 0 N–H and O–H groups in total. The first-order valence-corrected chi connectivity index (χ1v) is 17.6. The van der Waals surface area contributed by atoms with Gasteiger partial charge in [-0.2, -0.15) is 0 Å². The Hall–Kier alpha value is -0.920. The van der Waals surface area contributed by atoms with Crippen LogP contribution in [0.3, 0.4) is 0 Å². The average Bonchev–Trinajstić information content (AvgIpc) is 2.98. The molecule has 2 nitrogen and oxygen atoms in total. The maximum atomic E-state index is 4.95. The Labute approximate surface area is 237 Å². The van der Waals surface area contributed by atoms with Gasteiger partial charge in [0, 0.05) is 18.3 Å². The van der Waals surface area contributed by atoms with Crippen molar-refractivity contribution in [1.29, 1.82) is 0 Å². The van der Waals surface area contributed by atoms with E-state index in [-0.39, 0.29) is 0 Å². The lowest BCUT2D eigenvalue weighted by molar-refractivity contribution is 0.155. The van der Waals surface area contributed by atoms with E-state index in [1.807, 2.05) is 0 Å². The van der Waals surface area contributed by atoms with E-state index in [9.17, 15) is 0 Å². The van der Waals surface area contributed by atoms with Gasteiger partial charge in [0.1, 0.15) is 5.82 Å². The predicted octanol–water partition coefficient (Wildman–Crippen LogP) is 11.6. The molecule has 0 saturated heterocycles. The first kappa shape index (κ1) is 30.0. The van der Waals surface area contributed by atoms with Crippen LogP contribution in [-0.4, -0.2) is 9.97 Å². The van der Waals surface area contributed by atoms with E-state index in [4.69, 9.17) is 9.97 Å². The van der Waals surface area contributed by atoms with E-state index in [0.29, 0.717) is 11.8 Å². The Morgan fingerprint density at radius 1 is 0.500 bits per heavy atom. The van der Waals surface area contributed by atoms with Crippen molar-refractivity contribution in [3.05, 3.63) is 23.8 Å². The Balaban J connectivity index is 1.11. The maximum absolute atomic E-state index is 4.95. The van der Waals surface area contributed by atoms with Gasteiger partial charge in [0.05, 0.1) is 0 Å². The van der Waals surface area contributed by atoms with E-state index in [1.165, 1.54) is 160 Å². The molecule has 0 spiro atoms. The molecule has 4 rings (SSSR count). The van der Waals surface area contributed by atoms with Gasteiger partial charge in [-0.25, -0.2) is 9.97 Å². The van der Waals surface area contributed by atoms with Crippen LogP contribution < -0.4 is 0 Å². The summed E-state index contributed by atoms with van der Waals surface area (Å²) < 4.78 is 0. The second-order valence-corrected chi connectivity index (χ2v) is 13.9. The third kappa shape index (κ3) is 9.62. The highest BCUT2D eigenvalue weighted by atomic mass is 14.9. The third-order valence-electron chi connectivity index (χ3n) is 11.1. The summed E-state index contributed by atoms with van der Waals surface area (Å²) in [6.45, 7) is 4.63. The quantitative estimate of drug-likeness (QED) is 0.214. The zero-order valence-electron chi connectivity index (χ0n) is 25.5. The molecule has 0 amide bonds. The molecule has 3 aliphatic carbocycles. The molecule has 0 aliphatic heterocycles. The highest BCUT2D eigenvalue weighted by molar-refractivity contribution is 5.14. The van der Waals surface area contributed by atoms with Crippen molar-refractivity contribution in [2.45, 2.75) is 180 Å². The van der Waals surface area contributed by atoms with Gasteiger partial charge in [0.25, 0.3) is 0 Å². The van der Waals surface area contributed by atoms with Crippen LogP contribution in [0.5, 0.6) is 0 Å². The minimum atomic E-state index is 0.614. The molecule has 0 atom stereocenters. The van der Waals surface area contributed by atoms with Gasteiger partial charge in [-0.3, -0.25) is 0 Å². The van der Waals surface area contributed by atoms with Crippen molar-refractivity contribution >= 4 is 0 Å². The summed E-state index contributed by atoms with van der Waals surface area (Å²) in [6, 6.07) is 0. The highest BCUT2D eigenvalue weighted by Gasteiger charge is 2.31. The Bertz CT molecular complexity index is 718. The van der Waals surface area contributed by atoms with E-state index < -0.39 is 0 Å². The number of hydrogen-bond donors (Lipinski definition) is 0. The number of unbranched alkanes of at least 4 members (excludes halogenated alkanes) is 8. The van der Waals surface area contributed by atoms with Crippen molar-refractivity contribution in [3.8, 4) is 0 Å². The molecule has 3 fully saturated rings. The predicted molar refractivity (Wildman–Crippen MR) is 164 cm³/mol. The van der Waals surface area contributed by atoms with E-state index >= 15 is 0 Å². The lowest BCUT2D eigenvalue weighted by atomic mass is 9.68. The molecule has 38 heavy (non-hydrogen) atoms. The molecule has 1 aromatic rings. The first-order chi connectivity index (χ1) is 18.8. The largest absolute Gasteiger partial charge is 0.241 e. The van der Waals surface area contributed by atoms with Crippen molar-refractivity contribution in [3.63, 3.8) is 0 Å². The van der Waals surface area contributed by atoms with Crippen LogP contribution in [0.25, 0.3) is 0 Å². The number of hydrogen-bond acceptors (Lipinski definition) is 2. The standard InChI is InChI=1S/C36H62N2/c1-3-5-7-9-11-13-29-15-19-31(20-16-29)32-23-25-33(26-24-32)35-27-37-36(38-28-35)34-21-17-30(18-22-34)14-12-10-8-6-4-2/h27-34H,3-26H2,1-2H3. The fourth-order valence-electron chi connectivity index (χ4n) is 8.42. The van der Waals surface area contributed by atoms with Crippen LogP contribution in [0.4, 0.5) is 0 Å². The minimum Gasteiger partial charge on any atom is -0.241 e. The average molecular weight is 523 g/mol. The molecule has 0 bridgehead atoms. The summed E-state index contributed by atoms with van der Waals surface area (Å²) in [7, 11) is 0. The van der Waals surface area contributed by atoms with E-state index in [1.54, 1.807) is 0 Å². The topological polar surface area (TPSA) is 25.8 Å². The Morgan fingerprint density at radius 2 is 0.921 bits per heavy atom. The first-order valence-electron chi connectivity index (χ1n) is 17.6. The van der Waals surface area contributed by atoms with Crippen molar-refractivity contribution in [2.75, 3.05) is 0 Å². The van der Waals surface area contributed by atoms with Crippen molar-refractivity contribution in [2.24, 2.45) is 23.7 Å². The fraction of sp³-hybridized carbons (Fsp3) is 0.889. The van der Waals surface area contributed by atoms with Crippen LogP contribution in [-0.2, 0) is 0 Å². The van der Waals surface area contributed by atoms with Crippen LogP contribution in [0.15, 0.2) is 12.4 Å². The fourth-order valence-corrected chi connectivity index (χ4v) is 8.42. The molecule has 3 aliphatic rings. The van der Waals surface area contributed by atoms with E-state index in [2.05, 4.69) is 26.2 Å². The smallest absolute Gasteiger partial charge is 0.131 e. The van der Waals surface area contributed by atoms with Gasteiger partial charge in [0.2, 0.25) is 0 Å². The summed E-state index contributed by atoms with van der Waals surface area (Å²) in [6.07, 6.45) is 38.9. The SMILES string of the molecule is CCCCCCCC1CCC(c2ncc(C3CCC(C4CCC(CCCCCCC)CC4)CC3)cn2)CC1. The molecule has 1 heterocycles. The van der Waals surface area contributed by atoms with Crippen LogP contribution in [0.2, 0.25) is 0 Å². The van der Waals surface area contributed by atoms with Gasteiger partial charge >= 0.3 is 0 Å². The van der Waals surface area contributed by atoms with Crippen molar-refractivity contribution in [1.82, 2.24) is 9.97 Å². The second kappa shape index (κ2) is 17.0. The highest BCUT2D eigenvalue weighted by Crippen LogP contribution is 2.44. The minimum absolute atomic E-state index is 0.614. The molecule has 0 aromatic carbocycles. The van der Waals surface area contributed by atoms with E-state index in [0.717, 1.165) is 29.5 Å². The number of aromatic nitrogens is 2. The molecule has 216 valence electrons. The third-order valence-corrected chi connectivity index (χ3v) is 11.1. The summed E-state index contributed by atoms with van der Waals surface area (Å²) in [5.41, 5.74) is 1.43. The van der Waals surface area contributed by atoms with Gasteiger partial charge in [-0.15, -0.1) is 0 Å². The molecule has 1 aromatic heterocycles. The van der Waals surface area contributed by atoms with Gasteiger partial charge in [-0.05, 0) is 99.4 Å². The summed E-state index contributed by atoms with van der Waals surface area (Å²) in [5, 5.41) is 0. The number of nitrogens with zero attached hydrogens (tertiary/aromatic N) is 2. The lowest BCUT2D eigenvalue weighted by Gasteiger charge is -2.38. The molecule has 0 radical (unpaired) electrons. The normalized spacial score (nSPS) is 30.4. The van der Waals surface area contributed by atoms with Gasteiger partial charge in [-0.1, -0.05) is 104 Å². The lowest BCUT2D eigenvalue weighted by Crippen LogP contribution is -2.25. The zero-order valence-corrected chi connectivity index (χ0v) is 25.5.